The molecule has 0 aliphatic carbocycles. The van der Waals surface area contributed by atoms with Crippen LogP contribution in [0.25, 0.3) is 10.8 Å². The Morgan fingerprint density at radius 2 is 1.76 bits per heavy atom. The van der Waals surface area contributed by atoms with Crippen molar-refractivity contribution in [2.75, 3.05) is 18.5 Å². The number of benzene rings is 2. The van der Waals surface area contributed by atoms with Crippen molar-refractivity contribution in [2.24, 2.45) is 5.92 Å². The molecule has 0 saturated heterocycles. The highest BCUT2D eigenvalue weighted by Gasteiger charge is 2.35. The van der Waals surface area contributed by atoms with Crippen molar-refractivity contribution in [1.82, 2.24) is 0 Å². The molecule has 25 heavy (non-hydrogen) atoms. The van der Waals surface area contributed by atoms with Gasteiger partial charge in [0.1, 0.15) is 11.4 Å². The molecule has 1 atom stereocenters. The fourth-order valence-electron chi connectivity index (χ4n) is 3.23. The van der Waals surface area contributed by atoms with E-state index in [2.05, 4.69) is 19.2 Å². The molecule has 0 fully saturated rings. The zero-order chi connectivity index (χ0) is 18.4. The Hall–Kier alpha value is -2.07. The molecule has 4 heteroatoms. The summed E-state index contributed by atoms with van der Waals surface area (Å²) < 4.78 is 11.5. The smallest absolute Gasteiger partial charge is 0.256 e. The average Bonchev–Trinajstić information content (AvgIpc) is 2.56. The minimum Gasteiger partial charge on any atom is -0.493 e. The van der Waals surface area contributed by atoms with E-state index in [-0.39, 0.29) is 5.91 Å². The highest BCUT2D eigenvalue weighted by molar-refractivity contribution is 6.06. The Kier molecular flexibility index (Phi) is 6.43. The van der Waals surface area contributed by atoms with Gasteiger partial charge in [-0.25, -0.2) is 0 Å². The lowest BCUT2D eigenvalue weighted by atomic mass is 9.92. The summed E-state index contributed by atoms with van der Waals surface area (Å²) in [6.07, 6.45) is 0.668. The summed E-state index contributed by atoms with van der Waals surface area (Å²) in [4.78, 5) is 12.9. The molecule has 0 bridgehead atoms. The van der Waals surface area contributed by atoms with Crippen molar-refractivity contribution in [1.29, 1.82) is 0 Å². The van der Waals surface area contributed by atoms with Crippen LogP contribution in [-0.2, 0) is 9.53 Å². The predicted molar refractivity (Wildman–Crippen MR) is 103 cm³/mol. The highest BCUT2D eigenvalue weighted by Crippen LogP contribution is 2.33. The van der Waals surface area contributed by atoms with Crippen molar-refractivity contribution < 1.29 is 14.3 Å². The van der Waals surface area contributed by atoms with Crippen LogP contribution in [-0.4, -0.2) is 24.7 Å². The van der Waals surface area contributed by atoms with E-state index in [0.29, 0.717) is 25.6 Å². The second kappa shape index (κ2) is 8.34. The van der Waals surface area contributed by atoms with E-state index in [1.54, 1.807) is 0 Å². The van der Waals surface area contributed by atoms with Gasteiger partial charge < -0.3 is 14.8 Å². The van der Waals surface area contributed by atoms with E-state index in [9.17, 15) is 4.79 Å². The normalized spacial score (nSPS) is 13.7. The Morgan fingerprint density at radius 3 is 2.36 bits per heavy atom. The summed E-state index contributed by atoms with van der Waals surface area (Å²) in [5, 5.41) is 5.02. The molecular formula is C21H29NO3. The second-order valence-electron chi connectivity index (χ2n) is 6.81. The molecular weight excluding hydrogens is 314 g/mol. The number of carbonyl (C=O) groups is 1. The lowest BCUT2D eigenvalue weighted by molar-refractivity contribution is -0.140. The van der Waals surface area contributed by atoms with Crippen molar-refractivity contribution in [2.45, 2.75) is 46.6 Å². The van der Waals surface area contributed by atoms with Crippen LogP contribution in [0.3, 0.4) is 0 Å². The number of amides is 1. The fraction of sp³-hybridized carbons (Fsp3) is 0.476. The summed E-state index contributed by atoms with van der Waals surface area (Å²) in [6, 6.07) is 11.7. The Labute approximate surface area is 150 Å². The molecule has 1 amide bonds. The van der Waals surface area contributed by atoms with Crippen LogP contribution in [0.2, 0.25) is 0 Å². The van der Waals surface area contributed by atoms with Gasteiger partial charge in [-0.05, 0) is 45.2 Å². The molecule has 0 heterocycles. The molecule has 2 rings (SSSR count). The largest absolute Gasteiger partial charge is 0.493 e. The van der Waals surface area contributed by atoms with Gasteiger partial charge in [0.25, 0.3) is 5.91 Å². The van der Waals surface area contributed by atoms with Crippen LogP contribution in [0.1, 0.15) is 41.0 Å². The zero-order valence-electron chi connectivity index (χ0n) is 15.9. The van der Waals surface area contributed by atoms with Gasteiger partial charge in [0, 0.05) is 23.1 Å². The number of ether oxygens (including phenoxy) is 2. The van der Waals surface area contributed by atoms with E-state index in [4.69, 9.17) is 9.47 Å². The lowest BCUT2D eigenvalue weighted by Gasteiger charge is -2.30. The third kappa shape index (κ3) is 4.51. The molecule has 0 saturated carbocycles. The summed E-state index contributed by atoms with van der Waals surface area (Å²) in [7, 11) is 0. The quantitative estimate of drug-likeness (QED) is 0.732. The third-order valence-electron chi connectivity index (χ3n) is 4.17. The summed E-state index contributed by atoms with van der Waals surface area (Å²) >= 11 is 0. The number of carbonyl (C=O) groups excluding carboxylic acids is 1. The maximum atomic E-state index is 12.9. The molecule has 2 aromatic rings. The Bertz CT molecular complexity index is 726. The molecule has 2 aromatic carbocycles. The number of anilines is 1. The first kappa shape index (κ1) is 19.3. The van der Waals surface area contributed by atoms with Gasteiger partial charge in [0.05, 0.1) is 6.61 Å². The van der Waals surface area contributed by atoms with E-state index in [0.717, 1.165) is 22.2 Å². The molecule has 0 unspecified atom stereocenters. The van der Waals surface area contributed by atoms with Crippen molar-refractivity contribution in [3.8, 4) is 5.75 Å². The number of hydrogen-bond acceptors (Lipinski definition) is 3. The summed E-state index contributed by atoms with van der Waals surface area (Å²) in [5.74, 6) is 1.07. The van der Waals surface area contributed by atoms with Crippen LogP contribution in [0.15, 0.2) is 36.4 Å². The predicted octanol–water partition coefficient (Wildman–Crippen LogP) is 5.02. The summed E-state index contributed by atoms with van der Waals surface area (Å²) in [5.41, 5.74) is -0.0680. The van der Waals surface area contributed by atoms with Gasteiger partial charge in [-0.2, -0.15) is 0 Å². The zero-order valence-corrected chi connectivity index (χ0v) is 15.9. The van der Waals surface area contributed by atoms with Crippen LogP contribution in [0, 0.1) is 5.92 Å². The van der Waals surface area contributed by atoms with E-state index in [1.165, 1.54) is 0 Å². The van der Waals surface area contributed by atoms with Crippen LogP contribution >= 0.6 is 0 Å². The first-order chi connectivity index (χ1) is 11.9. The van der Waals surface area contributed by atoms with Gasteiger partial charge in [-0.3, -0.25) is 4.79 Å². The minimum atomic E-state index is -0.845. The number of hydrogen-bond donors (Lipinski definition) is 1. The van der Waals surface area contributed by atoms with Crippen molar-refractivity contribution >= 4 is 22.4 Å². The SMILES string of the molecule is CCOc1ccc(NC(=O)[C@@](C)(CC(C)C)OCC)c2ccccc12. The first-order valence-corrected chi connectivity index (χ1v) is 9.01. The number of nitrogens with one attached hydrogen (secondary N) is 1. The molecule has 136 valence electrons. The Balaban J connectivity index is 2.36. The lowest BCUT2D eigenvalue weighted by Crippen LogP contribution is -2.44. The number of fused-ring (bicyclic) bond motifs is 1. The molecule has 0 radical (unpaired) electrons. The van der Waals surface area contributed by atoms with E-state index < -0.39 is 5.60 Å². The molecule has 0 aromatic heterocycles. The summed E-state index contributed by atoms with van der Waals surface area (Å²) in [6.45, 7) is 11.0. The maximum Gasteiger partial charge on any atom is 0.256 e. The molecule has 0 spiro atoms. The molecule has 1 N–H and O–H groups in total. The second-order valence-corrected chi connectivity index (χ2v) is 6.81. The van der Waals surface area contributed by atoms with Crippen LogP contribution in [0.4, 0.5) is 5.69 Å². The van der Waals surface area contributed by atoms with Gasteiger partial charge in [-0.1, -0.05) is 38.1 Å². The van der Waals surface area contributed by atoms with Crippen molar-refractivity contribution in [3.63, 3.8) is 0 Å². The van der Waals surface area contributed by atoms with Crippen molar-refractivity contribution in [3.05, 3.63) is 36.4 Å². The fourth-order valence-corrected chi connectivity index (χ4v) is 3.23. The topological polar surface area (TPSA) is 47.6 Å². The van der Waals surface area contributed by atoms with Gasteiger partial charge in [0.2, 0.25) is 0 Å². The van der Waals surface area contributed by atoms with Gasteiger partial charge in [-0.15, -0.1) is 0 Å². The van der Waals surface area contributed by atoms with Crippen LogP contribution in [0.5, 0.6) is 5.75 Å². The third-order valence-corrected chi connectivity index (χ3v) is 4.17. The van der Waals surface area contributed by atoms with E-state index >= 15 is 0 Å². The highest BCUT2D eigenvalue weighted by atomic mass is 16.5. The molecule has 0 aliphatic heterocycles. The van der Waals surface area contributed by atoms with Gasteiger partial charge >= 0.3 is 0 Å². The van der Waals surface area contributed by atoms with Crippen LogP contribution < -0.4 is 10.1 Å². The molecule has 4 nitrogen and oxygen atoms in total. The average molecular weight is 343 g/mol. The monoisotopic (exact) mass is 343 g/mol. The maximum absolute atomic E-state index is 12.9. The Morgan fingerprint density at radius 1 is 1.08 bits per heavy atom. The molecule has 0 aliphatic rings. The van der Waals surface area contributed by atoms with Gasteiger partial charge in [0.15, 0.2) is 0 Å². The minimum absolute atomic E-state index is 0.114. The number of rotatable bonds is 8. The first-order valence-electron chi connectivity index (χ1n) is 9.01. The van der Waals surface area contributed by atoms with E-state index in [1.807, 2.05) is 57.2 Å². The standard InChI is InChI=1S/C21H29NO3/c1-6-24-19-13-12-18(16-10-8-9-11-17(16)19)22-20(23)21(5,25-7-2)14-15(3)4/h8-13,15H,6-7,14H2,1-5H3,(H,22,23)/t21-/m1/s1.